The van der Waals surface area contributed by atoms with E-state index in [4.69, 9.17) is 5.73 Å². The van der Waals surface area contributed by atoms with Crippen LogP contribution in [0.2, 0.25) is 0 Å². The quantitative estimate of drug-likeness (QED) is 0.735. The highest BCUT2D eigenvalue weighted by atomic mass is 16.2. The van der Waals surface area contributed by atoms with Gasteiger partial charge >= 0.3 is 0 Å². The normalized spacial score (nSPS) is 25.6. The highest BCUT2D eigenvalue weighted by Crippen LogP contribution is 2.52. The molecule has 1 fully saturated rings. The smallest absolute Gasteiger partial charge is 0.225 e. The summed E-state index contributed by atoms with van der Waals surface area (Å²) in [6.45, 7) is 7.79. The van der Waals surface area contributed by atoms with Crippen LogP contribution in [0.4, 0.5) is 0 Å². The number of carbonyl (C=O) groups is 1. The van der Waals surface area contributed by atoms with E-state index in [2.05, 4.69) is 20.8 Å². The van der Waals surface area contributed by atoms with E-state index in [1.54, 1.807) is 0 Å². The second-order valence-electron chi connectivity index (χ2n) is 5.30. The van der Waals surface area contributed by atoms with E-state index >= 15 is 0 Å². The Bertz CT molecular complexity index is 225. The standard InChI is InChI=1S/C11H22N2O/c1-8(6-12)7-13(4)10(14)9-5-11(9,2)3/h8-9H,5-7,12H2,1-4H3. The van der Waals surface area contributed by atoms with Crippen LogP contribution < -0.4 is 5.73 Å². The fraction of sp³-hybridized carbons (Fsp3) is 0.909. The Morgan fingerprint density at radius 3 is 2.50 bits per heavy atom. The first-order chi connectivity index (χ1) is 6.38. The molecule has 0 radical (unpaired) electrons. The first kappa shape index (κ1) is 11.5. The zero-order valence-corrected chi connectivity index (χ0v) is 9.71. The summed E-state index contributed by atoms with van der Waals surface area (Å²) >= 11 is 0. The molecule has 3 heteroatoms. The molecule has 0 heterocycles. The lowest BCUT2D eigenvalue weighted by atomic mass is 10.1. The van der Waals surface area contributed by atoms with E-state index in [-0.39, 0.29) is 17.2 Å². The average molecular weight is 198 g/mol. The van der Waals surface area contributed by atoms with Crippen LogP contribution in [0.15, 0.2) is 0 Å². The van der Waals surface area contributed by atoms with Crippen LogP contribution in [0.25, 0.3) is 0 Å². The SMILES string of the molecule is CC(CN)CN(C)C(=O)C1CC1(C)C. The summed E-state index contributed by atoms with van der Waals surface area (Å²) in [5.41, 5.74) is 5.76. The Kier molecular flexibility index (Phi) is 3.20. The van der Waals surface area contributed by atoms with Crippen LogP contribution in [0.5, 0.6) is 0 Å². The van der Waals surface area contributed by atoms with Crippen molar-refractivity contribution in [2.24, 2.45) is 23.0 Å². The summed E-state index contributed by atoms with van der Waals surface area (Å²) < 4.78 is 0. The van der Waals surface area contributed by atoms with Crippen LogP contribution in [0.3, 0.4) is 0 Å². The van der Waals surface area contributed by atoms with Gasteiger partial charge in [0.2, 0.25) is 5.91 Å². The van der Waals surface area contributed by atoms with Gasteiger partial charge in [0.15, 0.2) is 0 Å². The lowest BCUT2D eigenvalue weighted by Gasteiger charge is -2.21. The van der Waals surface area contributed by atoms with Crippen molar-refractivity contribution >= 4 is 5.91 Å². The Morgan fingerprint density at radius 2 is 2.14 bits per heavy atom. The van der Waals surface area contributed by atoms with Gasteiger partial charge < -0.3 is 10.6 Å². The molecule has 1 amide bonds. The molecule has 0 aromatic rings. The average Bonchev–Trinajstić information content (AvgIpc) is 2.73. The molecular weight excluding hydrogens is 176 g/mol. The van der Waals surface area contributed by atoms with Crippen LogP contribution in [0.1, 0.15) is 27.2 Å². The molecule has 0 aromatic carbocycles. The van der Waals surface area contributed by atoms with Crippen molar-refractivity contribution in [3.05, 3.63) is 0 Å². The third kappa shape index (κ3) is 2.47. The van der Waals surface area contributed by atoms with Gasteiger partial charge in [-0.3, -0.25) is 4.79 Å². The molecular formula is C11H22N2O. The fourth-order valence-electron chi connectivity index (χ4n) is 1.79. The molecule has 0 bridgehead atoms. The molecule has 1 aliphatic carbocycles. The second-order valence-corrected chi connectivity index (χ2v) is 5.30. The molecule has 14 heavy (non-hydrogen) atoms. The lowest BCUT2D eigenvalue weighted by Crippen LogP contribution is -2.35. The summed E-state index contributed by atoms with van der Waals surface area (Å²) in [7, 11) is 1.88. The number of amides is 1. The number of nitrogens with zero attached hydrogens (tertiary/aromatic N) is 1. The van der Waals surface area contributed by atoms with Crippen LogP contribution in [0, 0.1) is 17.3 Å². The number of hydrogen-bond donors (Lipinski definition) is 1. The van der Waals surface area contributed by atoms with Gasteiger partial charge in [-0.15, -0.1) is 0 Å². The molecule has 2 N–H and O–H groups in total. The monoisotopic (exact) mass is 198 g/mol. The number of carbonyl (C=O) groups excluding carboxylic acids is 1. The minimum atomic E-state index is 0.233. The first-order valence-corrected chi connectivity index (χ1v) is 5.33. The maximum absolute atomic E-state index is 11.9. The Hall–Kier alpha value is -0.570. The number of hydrogen-bond acceptors (Lipinski definition) is 2. The highest BCUT2D eigenvalue weighted by molar-refractivity contribution is 5.82. The molecule has 1 rings (SSSR count). The Balaban J connectivity index is 2.39. The summed E-state index contributed by atoms with van der Waals surface area (Å²) in [5.74, 6) is 0.929. The summed E-state index contributed by atoms with van der Waals surface area (Å²) in [5, 5.41) is 0. The summed E-state index contributed by atoms with van der Waals surface area (Å²) in [6.07, 6.45) is 1.03. The minimum absolute atomic E-state index is 0.233. The fourth-order valence-corrected chi connectivity index (χ4v) is 1.79. The van der Waals surface area contributed by atoms with E-state index in [9.17, 15) is 4.79 Å². The van der Waals surface area contributed by atoms with Crippen molar-refractivity contribution in [2.75, 3.05) is 20.1 Å². The van der Waals surface area contributed by atoms with Crippen LogP contribution >= 0.6 is 0 Å². The highest BCUT2D eigenvalue weighted by Gasteiger charge is 2.51. The van der Waals surface area contributed by atoms with Crippen molar-refractivity contribution < 1.29 is 4.79 Å². The summed E-state index contributed by atoms with van der Waals surface area (Å²) in [6, 6.07) is 0. The molecule has 1 aliphatic rings. The van der Waals surface area contributed by atoms with E-state index < -0.39 is 0 Å². The van der Waals surface area contributed by atoms with Gasteiger partial charge in [0, 0.05) is 19.5 Å². The predicted molar refractivity (Wildman–Crippen MR) is 57.7 cm³/mol. The van der Waals surface area contributed by atoms with E-state index in [1.807, 2.05) is 11.9 Å². The largest absolute Gasteiger partial charge is 0.345 e. The van der Waals surface area contributed by atoms with Crippen LogP contribution in [-0.2, 0) is 4.79 Å². The maximum Gasteiger partial charge on any atom is 0.225 e. The van der Waals surface area contributed by atoms with Gasteiger partial charge in [0.05, 0.1) is 0 Å². The molecule has 1 saturated carbocycles. The number of nitrogens with two attached hydrogens (primary N) is 1. The molecule has 2 unspecified atom stereocenters. The van der Waals surface area contributed by atoms with Crippen molar-refractivity contribution in [3.8, 4) is 0 Å². The zero-order chi connectivity index (χ0) is 10.9. The molecule has 3 nitrogen and oxygen atoms in total. The van der Waals surface area contributed by atoms with Gasteiger partial charge in [-0.25, -0.2) is 0 Å². The van der Waals surface area contributed by atoms with Crippen LogP contribution in [-0.4, -0.2) is 30.9 Å². The van der Waals surface area contributed by atoms with E-state index in [0.29, 0.717) is 12.5 Å². The zero-order valence-electron chi connectivity index (χ0n) is 9.71. The van der Waals surface area contributed by atoms with Crippen molar-refractivity contribution in [3.63, 3.8) is 0 Å². The second kappa shape index (κ2) is 3.89. The van der Waals surface area contributed by atoms with Gasteiger partial charge in [-0.1, -0.05) is 20.8 Å². The number of rotatable bonds is 4. The first-order valence-electron chi connectivity index (χ1n) is 5.33. The van der Waals surface area contributed by atoms with Gasteiger partial charge in [0.25, 0.3) is 0 Å². The molecule has 0 saturated heterocycles. The van der Waals surface area contributed by atoms with Crippen molar-refractivity contribution in [1.29, 1.82) is 0 Å². The predicted octanol–water partition coefficient (Wildman–Crippen LogP) is 1.09. The molecule has 0 aromatic heterocycles. The third-order valence-electron chi connectivity index (χ3n) is 3.18. The minimum Gasteiger partial charge on any atom is -0.345 e. The molecule has 0 aliphatic heterocycles. The summed E-state index contributed by atoms with van der Waals surface area (Å²) in [4.78, 5) is 13.7. The van der Waals surface area contributed by atoms with E-state index in [1.165, 1.54) is 0 Å². The van der Waals surface area contributed by atoms with Gasteiger partial charge in [-0.2, -0.15) is 0 Å². The lowest BCUT2D eigenvalue weighted by molar-refractivity contribution is -0.132. The maximum atomic E-state index is 11.9. The molecule has 82 valence electrons. The topological polar surface area (TPSA) is 46.3 Å². The third-order valence-corrected chi connectivity index (χ3v) is 3.18. The van der Waals surface area contributed by atoms with Gasteiger partial charge in [-0.05, 0) is 24.3 Å². The Labute approximate surface area is 86.6 Å². The van der Waals surface area contributed by atoms with Crippen molar-refractivity contribution in [2.45, 2.75) is 27.2 Å². The van der Waals surface area contributed by atoms with Gasteiger partial charge in [0.1, 0.15) is 0 Å². The van der Waals surface area contributed by atoms with E-state index in [0.717, 1.165) is 13.0 Å². The van der Waals surface area contributed by atoms with Crippen molar-refractivity contribution in [1.82, 2.24) is 4.90 Å². The molecule has 0 spiro atoms. The Morgan fingerprint density at radius 1 is 1.64 bits per heavy atom. The molecule has 2 atom stereocenters.